The monoisotopic (exact) mass is 274 g/mol. The number of aryl methyl sites for hydroxylation is 3. The lowest BCUT2D eigenvalue weighted by Crippen LogP contribution is -2.07. The van der Waals surface area contributed by atoms with Crippen LogP contribution in [-0.4, -0.2) is 23.7 Å². The zero-order valence-electron chi connectivity index (χ0n) is 11.6. The molecular weight excluding hydrogens is 255 g/mol. The van der Waals surface area contributed by atoms with Gasteiger partial charge in [0.1, 0.15) is 0 Å². The Bertz CT molecular complexity index is 558. The molecular formula is C15H19N2OP. The maximum absolute atomic E-state index is 5.09. The van der Waals surface area contributed by atoms with Crippen molar-refractivity contribution in [3.05, 3.63) is 47.3 Å². The number of nitrogens with zero attached hydrogens (tertiary/aromatic N) is 2. The quantitative estimate of drug-likeness (QED) is 0.786. The minimum absolute atomic E-state index is 0.450. The molecule has 0 aliphatic heterocycles. The summed E-state index contributed by atoms with van der Waals surface area (Å²) in [6, 6.07) is 9.08. The fraction of sp³-hybridized carbons (Fsp3) is 0.333. The van der Waals surface area contributed by atoms with Crippen molar-refractivity contribution < 1.29 is 4.74 Å². The van der Waals surface area contributed by atoms with Crippen LogP contribution in [0.5, 0.6) is 6.01 Å². The number of hydrogen-bond donors (Lipinski definition) is 0. The standard InChI is InChI=1S/C15H19N2OP/c1-11-10-16-15(18-2)17-13(11)9-8-12-6-4-5-7-14(12)19-3/h4-7,10,19H,8-9H2,1-3H3. The Morgan fingerprint density at radius 2 is 2.00 bits per heavy atom. The summed E-state index contributed by atoms with van der Waals surface area (Å²) in [4.78, 5) is 8.54. The van der Waals surface area contributed by atoms with E-state index in [-0.39, 0.29) is 0 Å². The third-order valence-electron chi connectivity index (χ3n) is 3.15. The van der Waals surface area contributed by atoms with E-state index in [2.05, 4.69) is 40.9 Å². The second-order valence-electron chi connectivity index (χ2n) is 4.39. The number of hydrogen-bond acceptors (Lipinski definition) is 3. The Kier molecular flexibility index (Phi) is 4.86. The largest absolute Gasteiger partial charge is 0.467 e. The van der Waals surface area contributed by atoms with Crippen LogP contribution in [0.25, 0.3) is 0 Å². The van der Waals surface area contributed by atoms with E-state index in [0.29, 0.717) is 6.01 Å². The molecule has 2 rings (SSSR count). The van der Waals surface area contributed by atoms with Gasteiger partial charge in [0.25, 0.3) is 0 Å². The molecule has 0 amide bonds. The van der Waals surface area contributed by atoms with Crippen LogP contribution in [0.1, 0.15) is 16.8 Å². The number of methoxy groups -OCH3 is 1. The number of aromatic nitrogens is 2. The van der Waals surface area contributed by atoms with Crippen molar-refractivity contribution in [2.24, 2.45) is 0 Å². The molecule has 1 atom stereocenters. The van der Waals surface area contributed by atoms with Crippen LogP contribution in [0.4, 0.5) is 0 Å². The van der Waals surface area contributed by atoms with Crippen LogP contribution in [0.15, 0.2) is 30.5 Å². The molecule has 19 heavy (non-hydrogen) atoms. The molecule has 0 bridgehead atoms. The topological polar surface area (TPSA) is 35.0 Å². The predicted molar refractivity (Wildman–Crippen MR) is 81.0 cm³/mol. The summed E-state index contributed by atoms with van der Waals surface area (Å²) in [6.45, 7) is 4.26. The lowest BCUT2D eigenvalue weighted by Gasteiger charge is -2.09. The van der Waals surface area contributed by atoms with Gasteiger partial charge in [-0.1, -0.05) is 32.8 Å². The first-order valence-electron chi connectivity index (χ1n) is 6.36. The zero-order valence-corrected chi connectivity index (χ0v) is 12.6. The average Bonchev–Trinajstić information content (AvgIpc) is 2.46. The van der Waals surface area contributed by atoms with Crippen LogP contribution in [-0.2, 0) is 12.8 Å². The Morgan fingerprint density at radius 3 is 2.74 bits per heavy atom. The molecule has 0 aliphatic carbocycles. The first kappa shape index (κ1) is 14.0. The summed E-state index contributed by atoms with van der Waals surface area (Å²) in [5, 5.41) is 1.45. The maximum atomic E-state index is 5.09. The van der Waals surface area contributed by atoms with Crippen molar-refractivity contribution in [3.8, 4) is 6.01 Å². The Hall–Kier alpha value is -1.47. The molecule has 0 aliphatic rings. The first-order chi connectivity index (χ1) is 9.24. The number of benzene rings is 1. The summed E-state index contributed by atoms with van der Waals surface area (Å²) < 4.78 is 5.09. The summed E-state index contributed by atoms with van der Waals surface area (Å²) in [7, 11) is 2.43. The molecule has 1 unspecified atom stereocenters. The van der Waals surface area contributed by atoms with Crippen LogP contribution in [0.2, 0.25) is 0 Å². The molecule has 0 radical (unpaired) electrons. The first-order valence-corrected chi connectivity index (χ1v) is 7.86. The minimum atomic E-state index is 0.450. The van der Waals surface area contributed by atoms with E-state index in [1.807, 2.05) is 13.1 Å². The van der Waals surface area contributed by atoms with E-state index in [1.54, 1.807) is 7.11 Å². The van der Waals surface area contributed by atoms with Crippen LogP contribution < -0.4 is 10.0 Å². The summed E-state index contributed by atoms with van der Waals surface area (Å²) in [5.41, 5.74) is 3.61. The molecule has 2 aromatic rings. The van der Waals surface area contributed by atoms with Gasteiger partial charge < -0.3 is 4.74 Å². The predicted octanol–water partition coefficient (Wildman–Crippen LogP) is 2.51. The molecule has 0 N–H and O–H groups in total. The summed E-state index contributed by atoms with van der Waals surface area (Å²) in [5.74, 6) is 0. The van der Waals surface area contributed by atoms with Gasteiger partial charge in [-0.2, -0.15) is 4.98 Å². The highest BCUT2D eigenvalue weighted by Gasteiger charge is 2.06. The van der Waals surface area contributed by atoms with Gasteiger partial charge in [0, 0.05) is 6.20 Å². The van der Waals surface area contributed by atoms with Crippen molar-refractivity contribution in [3.63, 3.8) is 0 Å². The van der Waals surface area contributed by atoms with E-state index in [1.165, 1.54) is 10.9 Å². The van der Waals surface area contributed by atoms with Crippen LogP contribution in [0, 0.1) is 6.92 Å². The van der Waals surface area contributed by atoms with Gasteiger partial charge in [-0.3, -0.25) is 0 Å². The molecule has 1 heterocycles. The van der Waals surface area contributed by atoms with Crippen molar-refractivity contribution in [1.82, 2.24) is 9.97 Å². The van der Waals surface area contributed by atoms with Gasteiger partial charge in [-0.25, -0.2) is 4.98 Å². The fourth-order valence-corrected chi connectivity index (χ4v) is 2.84. The van der Waals surface area contributed by atoms with Crippen molar-refractivity contribution in [2.75, 3.05) is 13.8 Å². The molecule has 1 aromatic heterocycles. The highest BCUT2D eigenvalue weighted by Crippen LogP contribution is 2.14. The minimum Gasteiger partial charge on any atom is -0.467 e. The third-order valence-corrected chi connectivity index (χ3v) is 4.18. The molecule has 1 aromatic carbocycles. The van der Waals surface area contributed by atoms with Crippen molar-refractivity contribution in [1.29, 1.82) is 0 Å². The van der Waals surface area contributed by atoms with Gasteiger partial charge in [0.15, 0.2) is 0 Å². The number of rotatable bonds is 5. The van der Waals surface area contributed by atoms with Crippen LogP contribution in [0.3, 0.4) is 0 Å². The Morgan fingerprint density at radius 1 is 1.21 bits per heavy atom. The van der Waals surface area contributed by atoms with E-state index >= 15 is 0 Å². The average molecular weight is 274 g/mol. The second kappa shape index (κ2) is 6.63. The summed E-state index contributed by atoms with van der Waals surface area (Å²) in [6.07, 6.45) is 3.76. The van der Waals surface area contributed by atoms with Gasteiger partial charge in [-0.05, 0) is 42.9 Å². The molecule has 4 heteroatoms. The Labute approximate surface area is 116 Å². The molecule has 3 nitrogen and oxygen atoms in total. The zero-order chi connectivity index (χ0) is 13.7. The normalized spacial score (nSPS) is 11.1. The smallest absolute Gasteiger partial charge is 0.316 e. The van der Waals surface area contributed by atoms with Gasteiger partial charge in [0.05, 0.1) is 12.8 Å². The van der Waals surface area contributed by atoms with Crippen LogP contribution >= 0.6 is 8.58 Å². The highest BCUT2D eigenvalue weighted by atomic mass is 31.1. The van der Waals surface area contributed by atoms with Crippen molar-refractivity contribution in [2.45, 2.75) is 19.8 Å². The molecule has 0 saturated heterocycles. The maximum Gasteiger partial charge on any atom is 0.316 e. The lowest BCUT2D eigenvalue weighted by atomic mass is 10.1. The van der Waals surface area contributed by atoms with Gasteiger partial charge in [0.2, 0.25) is 0 Å². The molecule has 0 saturated carbocycles. The highest BCUT2D eigenvalue weighted by molar-refractivity contribution is 7.46. The molecule has 0 spiro atoms. The number of ether oxygens (including phenoxy) is 1. The molecule has 100 valence electrons. The Balaban J connectivity index is 2.14. The van der Waals surface area contributed by atoms with Gasteiger partial charge in [-0.15, -0.1) is 0 Å². The third kappa shape index (κ3) is 3.51. The SMILES string of the molecule is COc1ncc(C)c(CCc2ccccc2PC)n1. The van der Waals surface area contributed by atoms with E-state index in [4.69, 9.17) is 4.74 Å². The summed E-state index contributed by atoms with van der Waals surface area (Å²) >= 11 is 0. The van der Waals surface area contributed by atoms with E-state index in [0.717, 1.165) is 32.7 Å². The fourth-order valence-electron chi connectivity index (χ4n) is 2.05. The second-order valence-corrected chi connectivity index (χ2v) is 5.43. The van der Waals surface area contributed by atoms with Crippen molar-refractivity contribution >= 4 is 13.9 Å². The van der Waals surface area contributed by atoms with Gasteiger partial charge >= 0.3 is 6.01 Å². The lowest BCUT2D eigenvalue weighted by molar-refractivity contribution is 0.377. The molecule has 0 fully saturated rings. The van der Waals surface area contributed by atoms with E-state index < -0.39 is 0 Å². The van der Waals surface area contributed by atoms with E-state index in [9.17, 15) is 0 Å².